The summed E-state index contributed by atoms with van der Waals surface area (Å²) >= 11 is 0. The number of nitrogens with zero attached hydrogens (tertiary/aromatic N) is 4. The van der Waals surface area contributed by atoms with Gasteiger partial charge in [-0.15, -0.1) is 5.10 Å². The van der Waals surface area contributed by atoms with Crippen LogP contribution in [0.25, 0.3) is 0 Å². The van der Waals surface area contributed by atoms with Crippen LogP contribution in [0.3, 0.4) is 0 Å². The monoisotopic (exact) mass is 301 g/mol. The molecule has 22 heavy (non-hydrogen) atoms. The smallest absolute Gasteiger partial charge is 0.274 e. The first-order valence-electron chi connectivity index (χ1n) is 6.90. The average Bonchev–Trinajstić information content (AvgIpc) is 2.54. The van der Waals surface area contributed by atoms with Crippen molar-refractivity contribution in [1.29, 1.82) is 0 Å². The van der Waals surface area contributed by atoms with Crippen molar-refractivity contribution in [2.24, 2.45) is 0 Å². The largest absolute Gasteiger partial charge is 0.368 e. The van der Waals surface area contributed by atoms with E-state index >= 15 is 0 Å². The number of ether oxygens (including phenoxy) is 1. The van der Waals surface area contributed by atoms with Crippen molar-refractivity contribution >= 4 is 5.91 Å². The fourth-order valence-electron chi connectivity index (χ4n) is 2.36. The summed E-state index contributed by atoms with van der Waals surface area (Å²) in [6.45, 7) is 2.87. The lowest BCUT2D eigenvalue weighted by atomic mass is 10.2. The molecule has 8 nitrogen and oxygen atoms in total. The predicted molar refractivity (Wildman–Crippen MR) is 76.2 cm³/mol. The Bertz CT molecular complexity index is 731. The zero-order chi connectivity index (χ0) is 15.5. The predicted octanol–water partition coefficient (Wildman–Crippen LogP) is 0.0820. The molecule has 0 aromatic carbocycles. The standard InChI is InChI=1S/C14H15N5O3/c1-9-16-11(7-13(20)17-9)12-8-19(5-6-22-12)14(21)10-3-2-4-15-18-10/h2-4,7,12H,5-6,8H2,1H3,(H,16,17,20). The van der Waals surface area contributed by atoms with E-state index in [4.69, 9.17) is 4.74 Å². The van der Waals surface area contributed by atoms with E-state index in [0.29, 0.717) is 31.2 Å². The van der Waals surface area contributed by atoms with Crippen molar-refractivity contribution in [2.75, 3.05) is 19.7 Å². The number of H-pyrrole nitrogens is 1. The van der Waals surface area contributed by atoms with Crippen molar-refractivity contribution in [2.45, 2.75) is 13.0 Å². The number of amides is 1. The summed E-state index contributed by atoms with van der Waals surface area (Å²) in [6, 6.07) is 4.68. The molecule has 0 radical (unpaired) electrons. The van der Waals surface area contributed by atoms with Crippen LogP contribution in [-0.4, -0.2) is 50.7 Å². The van der Waals surface area contributed by atoms with Gasteiger partial charge in [-0.3, -0.25) is 9.59 Å². The number of hydrogen-bond acceptors (Lipinski definition) is 6. The summed E-state index contributed by atoms with van der Waals surface area (Å²) < 4.78 is 5.65. The minimum absolute atomic E-state index is 0.206. The number of aromatic nitrogens is 4. The van der Waals surface area contributed by atoms with Crippen LogP contribution in [0, 0.1) is 6.92 Å². The van der Waals surface area contributed by atoms with Gasteiger partial charge in [0, 0.05) is 18.8 Å². The highest BCUT2D eigenvalue weighted by Gasteiger charge is 2.28. The van der Waals surface area contributed by atoms with Gasteiger partial charge in [0.15, 0.2) is 5.69 Å². The second-order valence-corrected chi connectivity index (χ2v) is 4.98. The molecule has 8 heteroatoms. The fourth-order valence-corrected chi connectivity index (χ4v) is 2.36. The number of rotatable bonds is 2. The molecule has 0 aliphatic carbocycles. The first-order chi connectivity index (χ1) is 10.6. The third-order valence-corrected chi connectivity index (χ3v) is 3.35. The number of hydrogen-bond donors (Lipinski definition) is 1. The highest BCUT2D eigenvalue weighted by atomic mass is 16.5. The number of aromatic amines is 1. The van der Waals surface area contributed by atoms with Crippen LogP contribution in [0.5, 0.6) is 0 Å². The molecule has 2 aromatic heterocycles. The molecule has 3 heterocycles. The van der Waals surface area contributed by atoms with Crippen LogP contribution in [0.4, 0.5) is 0 Å². The molecule has 3 rings (SSSR count). The maximum Gasteiger partial charge on any atom is 0.274 e. The molecule has 1 fully saturated rings. The van der Waals surface area contributed by atoms with Gasteiger partial charge in [-0.05, 0) is 19.1 Å². The number of carbonyl (C=O) groups excluding carboxylic acids is 1. The van der Waals surface area contributed by atoms with E-state index in [9.17, 15) is 9.59 Å². The molecule has 1 N–H and O–H groups in total. The van der Waals surface area contributed by atoms with Crippen molar-refractivity contribution in [3.05, 3.63) is 52.0 Å². The van der Waals surface area contributed by atoms with Crippen molar-refractivity contribution in [1.82, 2.24) is 25.1 Å². The zero-order valence-electron chi connectivity index (χ0n) is 12.0. The van der Waals surface area contributed by atoms with Gasteiger partial charge >= 0.3 is 0 Å². The Kier molecular flexibility index (Phi) is 3.92. The number of nitrogens with one attached hydrogen (secondary N) is 1. The molecule has 0 bridgehead atoms. The molecular weight excluding hydrogens is 286 g/mol. The maximum atomic E-state index is 12.4. The Labute approximate surface area is 126 Å². The quantitative estimate of drug-likeness (QED) is 0.843. The Morgan fingerprint density at radius 3 is 3.09 bits per heavy atom. The van der Waals surface area contributed by atoms with E-state index in [1.165, 1.54) is 12.3 Å². The molecule has 114 valence electrons. The van der Waals surface area contributed by atoms with Gasteiger partial charge in [0.05, 0.1) is 18.8 Å². The summed E-state index contributed by atoms with van der Waals surface area (Å²) in [5.74, 6) is 0.312. The molecule has 1 atom stereocenters. The SMILES string of the molecule is Cc1nc(C2CN(C(=O)c3cccnn3)CCO2)cc(=O)[nH]1. The highest BCUT2D eigenvalue weighted by Crippen LogP contribution is 2.20. The topological polar surface area (TPSA) is 101 Å². The lowest BCUT2D eigenvalue weighted by Crippen LogP contribution is -2.43. The van der Waals surface area contributed by atoms with Crippen LogP contribution in [0.2, 0.25) is 0 Å². The number of carbonyl (C=O) groups is 1. The first kappa shape index (κ1) is 14.3. The molecule has 1 unspecified atom stereocenters. The second kappa shape index (κ2) is 6.02. The van der Waals surface area contributed by atoms with E-state index in [2.05, 4.69) is 20.2 Å². The van der Waals surface area contributed by atoms with Crippen molar-refractivity contribution in [3.63, 3.8) is 0 Å². The lowest BCUT2D eigenvalue weighted by Gasteiger charge is -2.32. The van der Waals surface area contributed by atoms with Crippen molar-refractivity contribution in [3.8, 4) is 0 Å². The Hall–Kier alpha value is -2.61. The molecule has 0 saturated carbocycles. The van der Waals surface area contributed by atoms with E-state index in [-0.39, 0.29) is 17.2 Å². The Morgan fingerprint density at radius 1 is 1.50 bits per heavy atom. The van der Waals surface area contributed by atoms with E-state index < -0.39 is 6.10 Å². The molecule has 1 aliphatic heterocycles. The van der Waals surface area contributed by atoms with Crippen LogP contribution in [0.15, 0.2) is 29.2 Å². The number of morpholine rings is 1. The van der Waals surface area contributed by atoms with Gasteiger partial charge in [-0.25, -0.2) is 4.98 Å². The maximum absolute atomic E-state index is 12.4. The summed E-state index contributed by atoms with van der Waals surface area (Å²) in [5, 5.41) is 7.54. The van der Waals surface area contributed by atoms with Gasteiger partial charge < -0.3 is 14.6 Å². The molecular formula is C14H15N5O3. The molecule has 2 aromatic rings. The van der Waals surface area contributed by atoms with Gasteiger partial charge in [-0.1, -0.05) is 0 Å². The van der Waals surface area contributed by atoms with Gasteiger partial charge in [0.2, 0.25) is 0 Å². The lowest BCUT2D eigenvalue weighted by molar-refractivity contribution is -0.0251. The van der Waals surface area contributed by atoms with Crippen LogP contribution in [-0.2, 0) is 4.74 Å². The summed E-state index contributed by atoms with van der Waals surface area (Å²) in [6.07, 6.45) is 1.09. The van der Waals surface area contributed by atoms with E-state index in [0.717, 1.165) is 0 Å². The van der Waals surface area contributed by atoms with Gasteiger partial charge in [0.25, 0.3) is 11.5 Å². The molecule has 1 aliphatic rings. The van der Waals surface area contributed by atoms with Gasteiger partial charge in [0.1, 0.15) is 11.9 Å². The fraction of sp³-hybridized carbons (Fsp3) is 0.357. The second-order valence-electron chi connectivity index (χ2n) is 4.98. The average molecular weight is 301 g/mol. The minimum Gasteiger partial charge on any atom is -0.368 e. The summed E-state index contributed by atoms with van der Waals surface area (Å²) in [7, 11) is 0. The van der Waals surface area contributed by atoms with Crippen LogP contribution in [0.1, 0.15) is 28.1 Å². The van der Waals surface area contributed by atoms with E-state index in [1.54, 1.807) is 24.0 Å². The first-order valence-corrected chi connectivity index (χ1v) is 6.90. The summed E-state index contributed by atoms with van der Waals surface area (Å²) in [5.41, 5.74) is 0.583. The van der Waals surface area contributed by atoms with Crippen LogP contribution >= 0.6 is 0 Å². The Balaban J connectivity index is 1.79. The number of aryl methyl sites for hydroxylation is 1. The third-order valence-electron chi connectivity index (χ3n) is 3.35. The normalized spacial score (nSPS) is 18.2. The molecule has 1 saturated heterocycles. The van der Waals surface area contributed by atoms with Crippen molar-refractivity contribution < 1.29 is 9.53 Å². The molecule has 1 amide bonds. The highest BCUT2D eigenvalue weighted by molar-refractivity contribution is 5.92. The third kappa shape index (κ3) is 3.01. The summed E-state index contributed by atoms with van der Waals surface area (Å²) in [4.78, 5) is 32.4. The van der Waals surface area contributed by atoms with Crippen LogP contribution < -0.4 is 5.56 Å². The zero-order valence-corrected chi connectivity index (χ0v) is 12.0. The Morgan fingerprint density at radius 2 is 2.36 bits per heavy atom. The molecule has 0 spiro atoms. The van der Waals surface area contributed by atoms with Gasteiger partial charge in [-0.2, -0.15) is 5.10 Å². The minimum atomic E-state index is -0.421. The van der Waals surface area contributed by atoms with E-state index in [1.807, 2.05) is 0 Å².